The summed E-state index contributed by atoms with van der Waals surface area (Å²) in [5, 5.41) is 0. The lowest BCUT2D eigenvalue weighted by atomic mass is 10.0. The summed E-state index contributed by atoms with van der Waals surface area (Å²) < 4.78 is 5.28. The van der Waals surface area contributed by atoms with Crippen LogP contribution in [0.1, 0.15) is 12.8 Å². The van der Waals surface area contributed by atoms with Crippen LogP contribution >= 0.6 is 0 Å². The van der Waals surface area contributed by atoms with Gasteiger partial charge in [-0.05, 0) is 38.6 Å². The first-order valence-corrected chi connectivity index (χ1v) is 6.47. The molecular formula is C14H23N3O. The number of nitrogens with zero attached hydrogens (tertiary/aromatic N) is 2. The molecule has 1 fully saturated rings. The highest BCUT2D eigenvalue weighted by Crippen LogP contribution is 2.33. The van der Waals surface area contributed by atoms with Gasteiger partial charge in [-0.25, -0.2) is 0 Å². The van der Waals surface area contributed by atoms with Crippen molar-refractivity contribution in [3.63, 3.8) is 0 Å². The van der Waals surface area contributed by atoms with E-state index in [1.165, 1.54) is 19.4 Å². The standard InChI is InChI=1S/C14H23N3O/c1-16-9-5-6-11(10-16)17(2)12-7-4-8-13(18-3)14(12)15/h4,7-8,11H,5-6,9-10,15H2,1-3H3. The number of hydrogen-bond acceptors (Lipinski definition) is 4. The molecule has 18 heavy (non-hydrogen) atoms. The molecule has 1 aliphatic heterocycles. The van der Waals surface area contributed by atoms with E-state index >= 15 is 0 Å². The number of likely N-dealkylation sites (N-methyl/N-ethyl adjacent to an activating group) is 2. The largest absolute Gasteiger partial charge is 0.495 e. The van der Waals surface area contributed by atoms with E-state index in [1.807, 2.05) is 12.1 Å². The second-order valence-corrected chi connectivity index (χ2v) is 5.06. The fourth-order valence-electron chi connectivity index (χ4n) is 2.67. The number of nitrogens with two attached hydrogens (primary N) is 1. The van der Waals surface area contributed by atoms with Gasteiger partial charge in [0.2, 0.25) is 0 Å². The Balaban J connectivity index is 2.20. The van der Waals surface area contributed by atoms with Crippen molar-refractivity contribution in [1.29, 1.82) is 0 Å². The maximum atomic E-state index is 6.16. The number of ether oxygens (including phenoxy) is 1. The lowest BCUT2D eigenvalue weighted by molar-refractivity contribution is 0.248. The fourth-order valence-corrected chi connectivity index (χ4v) is 2.67. The minimum Gasteiger partial charge on any atom is -0.495 e. The summed E-state index contributed by atoms with van der Waals surface area (Å²) in [7, 11) is 5.95. The normalized spacial score (nSPS) is 20.7. The number of likely N-dealkylation sites (tertiary alicyclic amines) is 1. The molecule has 4 nitrogen and oxygen atoms in total. The van der Waals surface area contributed by atoms with Gasteiger partial charge in [0.1, 0.15) is 5.75 Å². The molecule has 4 heteroatoms. The summed E-state index contributed by atoms with van der Waals surface area (Å²) in [6, 6.07) is 6.48. The summed E-state index contributed by atoms with van der Waals surface area (Å²) >= 11 is 0. The van der Waals surface area contributed by atoms with Crippen molar-refractivity contribution in [3.05, 3.63) is 18.2 Å². The molecule has 1 saturated heterocycles. The monoisotopic (exact) mass is 249 g/mol. The summed E-state index contributed by atoms with van der Waals surface area (Å²) in [4.78, 5) is 4.66. The molecule has 0 spiro atoms. The van der Waals surface area contributed by atoms with Crippen LogP contribution in [0.2, 0.25) is 0 Å². The first-order chi connectivity index (χ1) is 8.63. The van der Waals surface area contributed by atoms with E-state index < -0.39 is 0 Å². The van der Waals surface area contributed by atoms with Crippen molar-refractivity contribution in [2.75, 3.05) is 44.9 Å². The molecule has 1 aliphatic rings. The number of nitrogen functional groups attached to an aromatic ring is 1. The van der Waals surface area contributed by atoms with E-state index in [1.54, 1.807) is 7.11 Å². The van der Waals surface area contributed by atoms with Gasteiger partial charge < -0.3 is 20.3 Å². The molecule has 0 radical (unpaired) electrons. The number of rotatable bonds is 3. The molecule has 1 heterocycles. The third kappa shape index (κ3) is 2.53. The average molecular weight is 249 g/mol. The van der Waals surface area contributed by atoms with Gasteiger partial charge in [0.15, 0.2) is 0 Å². The van der Waals surface area contributed by atoms with Gasteiger partial charge in [-0.3, -0.25) is 0 Å². The minimum absolute atomic E-state index is 0.526. The molecule has 1 aromatic rings. The number of piperidine rings is 1. The molecule has 100 valence electrons. The van der Waals surface area contributed by atoms with Crippen LogP contribution in [-0.4, -0.2) is 45.2 Å². The smallest absolute Gasteiger partial charge is 0.143 e. The fraction of sp³-hybridized carbons (Fsp3) is 0.571. The van der Waals surface area contributed by atoms with E-state index in [2.05, 4.69) is 30.0 Å². The molecule has 0 bridgehead atoms. The molecule has 1 aromatic carbocycles. The first kappa shape index (κ1) is 13.0. The van der Waals surface area contributed by atoms with E-state index in [0.29, 0.717) is 6.04 Å². The van der Waals surface area contributed by atoms with Crippen molar-refractivity contribution in [1.82, 2.24) is 4.90 Å². The van der Waals surface area contributed by atoms with Gasteiger partial charge in [0.05, 0.1) is 18.5 Å². The second kappa shape index (κ2) is 5.48. The summed E-state index contributed by atoms with van der Waals surface area (Å²) in [5.41, 5.74) is 7.95. The third-order valence-electron chi connectivity index (χ3n) is 3.79. The van der Waals surface area contributed by atoms with Gasteiger partial charge in [-0.15, -0.1) is 0 Å². The maximum absolute atomic E-state index is 6.16. The average Bonchev–Trinajstić information content (AvgIpc) is 2.38. The van der Waals surface area contributed by atoms with Crippen LogP contribution < -0.4 is 15.4 Å². The van der Waals surface area contributed by atoms with Crippen LogP contribution in [-0.2, 0) is 0 Å². The topological polar surface area (TPSA) is 41.7 Å². The molecule has 0 saturated carbocycles. The van der Waals surface area contributed by atoms with Gasteiger partial charge in [-0.1, -0.05) is 6.07 Å². The Bertz CT molecular complexity index is 408. The molecule has 0 aliphatic carbocycles. The van der Waals surface area contributed by atoms with Crippen LogP contribution in [0.5, 0.6) is 5.75 Å². The van der Waals surface area contributed by atoms with E-state index in [9.17, 15) is 0 Å². The highest BCUT2D eigenvalue weighted by atomic mass is 16.5. The lowest BCUT2D eigenvalue weighted by Gasteiger charge is -2.37. The number of hydrogen-bond donors (Lipinski definition) is 1. The van der Waals surface area contributed by atoms with Crippen LogP contribution in [0, 0.1) is 0 Å². The Morgan fingerprint density at radius 3 is 2.89 bits per heavy atom. The van der Waals surface area contributed by atoms with Crippen molar-refractivity contribution in [3.8, 4) is 5.75 Å². The Labute approximate surface area is 109 Å². The summed E-state index contributed by atoms with van der Waals surface area (Å²) in [5.74, 6) is 0.753. The molecule has 1 unspecified atom stereocenters. The lowest BCUT2D eigenvalue weighted by Crippen LogP contribution is -2.45. The zero-order valence-corrected chi connectivity index (χ0v) is 11.5. The number of para-hydroxylation sites is 1. The third-order valence-corrected chi connectivity index (χ3v) is 3.79. The van der Waals surface area contributed by atoms with Crippen molar-refractivity contribution >= 4 is 11.4 Å². The molecule has 2 rings (SSSR count). The van der Waals surface area contributed by atoms with Crippen LogP contribution in [0.3, 0.4) is 0 Å². The molecule has 2 N–H and O–H groups in total. The van der Waals surface area contributed by atoms with E-state index in [-0.39, 0.29) is 0 Å². The van der Waals surface area contributed by atoms with Crippen molar-refractivity contribution in [2.45, 2.75) is 18.9 Å². The number of anilines is 2. The van der Waals surface area contributed by atoms with Gasteiger partial charge in [0.25, 0.3) is 0 Å². The van der Waals surface area contributed by atoms with E-state index in [0.717, 1.165) is 23.7 Å². The minimum atomic E-state index is 0.526. The Morgan fingerprint density at radius 1 is 1.44 bits per heavy atom. The molecule has 0 aromatic heterocycles. The highest BCUT2D eigenvalue weighted by Gasteiger charge is 2.23. The quantitative estimate of drug-likeness (QED) is 0.830. The first-order valence-electron chi connectivity index (χ1n) is 6.47. The van der Waals surface area contributed by atoms with Crippen molar-refractivity contribution in [2.24, 2.45) is 0 Å². The summed E-state index contributed by atoms with van der Waals surface area (Å²) in [6.45, 7) is 2.28. The molecule has 0 amide bonds. The number of benzene rings is 1. The predicted molar refractivity (Wildman–Crippen MR) is 76.3 cm³/mol. The van der Waals surface area contributed by atoms with Gasteiger partial charge in [-0.2, -0.15) is 0 Å². The maximum Gasteiger partial charge on any atom is 0.143 e. The van der Waals surface area contributed by atoms with Gasteiger partial charge >= 0.3 is 0 Å². The Morgan fingerprint density at radius 2 is 2.22 bits per heavy atom. The van der Waals surface area contributed by atoms with Gasteiger partial charge in [0, 0.05) is 19.6 Å². The summed E-state index contributed by atoms with van der Waals surface area (Å²) in [6.07, 6.45) is 2.47. The van der Waals surface area contributed by atoms with Crippen LogP contribution in [0.25, 0.3) is 0 Å². The van der Waals surface area contributed by atoms with E-state index in [4.69, 9.17) is 10.5 Å². The van der Waals surface area contributed by atoms with Crippen LogP contribution in [0.15, 0.2) is 18.2 Å². The predicted octanol–water partition coefficient (Wildman–Crippen LogP) is 1.81. The zero-order valence-electron chi connectivity index (χ0n) is 11.5. The molecule has 1 atom stereocenters. The zero-order chi connectivity index (χ0) is 13.1. The highest BCUT2D eigenvalue weighted by molar-refractivity contribution is 5.74. The Kier molecular flexibility index (Phi) is 3.97. The second-order valence-electron chi connectivity index (χ2n) is 5.06. The number of methoxy groups -OCH3 is 1. The van der Waals surface area contributed by atoms with Crippen LogP contribution in [0.4, 0.5) is 11.4 Å². The van der Waals surface area contributed by atoms with Crippen molar-refractivity contribution < 1.29 is 4.74 Å². The SMILES string of the molecule is COc1cccc(N(C)C2CCCN(C)C2)c1N. The Hall–Kier alpha value is -1.42. The molecular weight excluding hydrogens is 226 g/mol.